The predicted octanol–water partition coefficient (Wildman–Crippen LogP) is 4.33. The van der Waals surface area contributed by atoms with E-state index in [1.807, 2.05) is 0 Å². The van der Waals surface area contributed by atoms with E-state index in [4.69, 9.17) is 33.9 Å². The molecular formula is C11H20O2S4. The van der Waals surface area contributed by atoms with E-state index in [0.717, 1.165) is 5.08 Å². The molecule has 0 aliphatic carbocycles. The first-order chi connectivity index (χ1) is 7.91. The Labute approximate surface area is 124 Å². The van der Waals surface area contributed by atoms with Gasteiger partial charge in [-0.1, -0.05) is 51.2 Å². The van der Waals surface area contributed by atoms with Gasteiger partial charge in [-0.25, -0.2) is 0 Å². The van der Waals surface area contributed by atoms with E-state index in [2.05, 4.69) is 27.7 Å². The number of thioether (sulfide) groups is 2. The van der Waals surface area contributed by atoms with E-state index in [0.29, 0.717) is 33.8 Å². The maximum atomic E-state index is 5.38. The van der Waals surface area contributed by atoms with Gasteiger partial charge in [0.25, 0.3) is 0 Å². The van der Waals surface area contributed by atoms with Crippen molar-refractivity contribution in [2.45, 2.75) is 27.7 Å². The summed E-state index contributed by atoms with van der Waals surface area (Å²) in [6.07, 6.45) is 0. The molecule has 0 fully saturated rings. The minimum atomic E-state index is 0.497. The van der Waals surface area contributed by atoms with E-state index >= 15 is 0 Å². The van der Waals surface area contributed by atoms with Gasteiger partial charge in [-0.15, -0.1) is 0 Å². The Morgan fingerprint density at radius 3 is 1.53 bits per heavy atom. The number of rotatable bonds is 6. The molecule has 0 N–H and O–H groups in total. The summed E-state index contributed by atoms with van der Waals surface area (Å²) >= 11 is 13.1. The molecule has 0 atom stereocenters. The lowest BCUT2D eigenvalue weighted by Gasteiger charge is -2.10. The second-order valence-corrected chi connectivity index (χ2v) is 7.84. The van der Waals surface area contributed by atoms with Crippen LogP contribution in [-0.2, 0) is 9.47 Å². The van der Waals surface area contributed by atoms with Crippen molar-refractivity contribution in [3.05, 3.63) is 0 Å². The molecule has 0 aromatic carbocycles. The molecule has 0 aromatic heterocycles. The van der Waals surface area contributed by atoms with Crippen LogP contribution in [0.4, 0.5) is 0 Å². The second-order valence-electron chi connectivity index (χ2n) is 4.32. The van der Waals surface area contributed by atoms with Crippen molar-refractivity contribution in [3.8, 4) is 0 Å². The predicted molar refractivity (Wildman–Crippen MR) is 86.8 cm³/mol. The molecule has 100 valence electrons. The molecule has 0 bridgehead atoms. The summed E-state index contributed by atoms with van der Waals surface area (Å²) in [6, 6.07) is 0. The highest BCUT2D eigenvalue weighted by molar-refractivity contribution is 8.35. The first kappa shape index (κ1) is 17.5. The van der Waals surface area contributed by atoms with Crippen LogP contribution < -0.4 is 0 Å². The molecule has 0 spiro atoms. The summed E-state index contributed by atoms with van der Waals surface area (Å²) in [7, 11) is 0. The van der Waals surface area contributed by atoms with Gasteiger partial charge in [-0.2, -0.15) is 0 Å². The Morgan fingerprint density at radius 2 is 1.24 bits per heavy atom. The van der Waals surface area contributed by atoms with Gasteiger partial charge in [0, 0.05) is 0 Å². The fraction of sp³-hybridized carbons (Fsp3) is 0.818. The highest BCUT2D eigenvalue weighted by Gasteiger charge is 2.04. The lowest BCUT2D eigenvalue weighted by atomic mass is 10.2. The zero-order valence-corrected chi connectivity index (χ0v) is 14.0. The van der Waals surface area contributed by atoms with Crippen molar-refractivity contribution in [1.82, 2.24) is 0 Å². The first-order valence-electron chi connectivity index (χ1n) is 5.51. The standard InChI is InChI=1S/C11H20O2S4/c1-8(2)5-12-10(14)16-7-17-11(15)13-6-9(3)4/h8-9H,5-7H2,1-4H3. The normalized spacial score (nSPS) is 10.7. The van der Waals surface area contributed by atoms with Crippen molar-refractivity contribution in [2.75, 3.05) is 18.3 Å². The van der Waals surface area contributed by atoms with Gasteiger partial charge >= 0.3 is 0 Å². The smallest absolute Gasteiger partial charge is 0.220 e. The molecule has 0 unspecified atom stereocenters. The van der Waals surface area contributed by atoms with Crippen molar-refractivity contribution in [1.29, 1.82) is 0 Å². The minimum Gasteiger partial charge on any atom is -0.478 e. The lowest BCUT2D eigenvalue weighted by molar-refractivity contribution is 0.272. The molecule has 0 saturated carbocycles. The molecule has 0 aliphatic heterocycles. The fourth-order valence-electron chi connectivity index (χ4n) is 0.678. The van der Waals surface area contributed by atoms with Crippen LogP contribution in [0, 0.1) is 11.8 Å². The van der Waals surface area contributed by atoms with Crippen molar-refractivity contribution in [2.24, 2.45) is 11.8 Å². The zero-order valence-electron chi connectivity index (χ0n) is 10.7. The number of ether oxygens (including phenoxy) is 2. The van der Waals surface area contributed by atoms with Crippen LogP contribution in [0.5, 0.6) is 0 Å². The fourth-order valence-corrected chi connectivity index (χ4v) is 2.99. The molecule has 6 heteroatoms. The Balaban J connectivity index is 3.49. The summed E-state index contributed by atoms with van der Waals surface area (Å²) in [5.41, 5.74) is 0. The molecule has 0 aliphatic rings. The topological polar surface area (TPSA) is 18.5 Å². The van der Waals surface area contributed by atoms with Gasteiger partial charge in [-0.05, 0) is 36.3 Å². The Hall–Kier alpha value is 0.480. The van der Waals surface area contributed by atoms with E-state index in [1.54, 1.807) is 0 Å². The molecular weight excluding hydrogens is 292 g/mol. The lowest BCUT2D eigenvalue weighted by Crippen LogP contribution is -2.07. The molecule has 2 nitrogen and oxygen atoms in total. The molecule has 0 aromatic rings. The van der Waals surface area contributed by atoms with Gasteiger partial charge in [-0.3, -0.25) is 0 Å². The summed E-state index contributed by atoms with van der Waals surface area (Å²) < 4.78 is 11.9. The van der Waals surface area contributed by atoms with E-state index < -0.39 is 0 Å². The first-order valence-corrected chi connectivity index (χ1v) is 8.29. The van der Waals surface area contributed by atoms with Crippen molar-refractivity contribution >= 4 is 56.7 Å². The Morgan fingerprint density at radius 1 is 0.882 bits per heavy atom. The van der Waals surface area contributed by atoms with Crippen LogP contribution >= 0.6 is 48.0 Å². The van der Waals surface area contributed by atoms with Crippen LogP contribution in [0.25, 0.3) is 0 Å². The van der Waals surface area contributed by atoms with Gasteiger partial charge in [0.15, 0.2) is 0 Å². The number of thiocarbonyl (C=S) groups is 2. The highest BCUT2D eigenvalue weighted by Crippen LogP contribution is 2.18. The third-order valence-electron chi connectivity index (χ3n) is 1.42. The molecule has 0 amide bonds. The second kappa shape index (κ2) is 10.4. The van der Waals surface area contributed by atoms with Crippen LogP contribution in [0.2, 0.25) is 0 Å². The molecule has 0 rings (SSSR count). The average molecular weight is 313 g/mol. The summed E-state index contributed by atoms with van der Waals surface area (Å²) in [5, 5.41) is 0.744. The van der Waals surface area contributed by atoms with Gasteiger partial charge in [0.2, 0.25) is 8.77 Å². The highest BCUT2D eigenvalue weighted by atomic mass is 32.2. The van der Waals surface area contributed by atoms with Crippen LogP contribution in [-0.4, -0.2) is 27.1 Å². The quantitative estimate of drug-likeness (QED) is 0.533. The number of hydrogen-bond donors (Lipinski definition) is 0. The van der Waals surface area contributed by atoms with E-state index in [9.17, 15) is 0 Å². The molecule has 0 radical (unpaired) electrons. The Kier molecular flexibility index (Phi) is 10.7. The van der Waals surface area contributed by atoms with Gasteiger partial charge in [0.05, 0.1) is 18.3 Å². The van der Waals surface area contributed by atoms with Crippen LogP contribution in [0.15, 0.2) is 0 Å². The van der Waals surface area contributed by atoms with Crippen LogP contribution in [0.1, 0.15) is 27.7 Å². The van der Waals surface area contributed by atoms with Crippen molar-refractivity contribution < 1.29 is 9.47 Å². The van der Waals surface area contributed by atoms with Crippen LogP contribution in [0.3, 0.4) is 0 Å². The SMILES string of the molecule is CC(C)COC(=S)SCSC(=S)OCC(C)C. The van der Waals surface area contributed by atoms with Crippen molar-refractivity contribution in [3.63, 3.8) is 0 Å². The number of hydrogen-bond acceptors (Lipinski definition) is 6. The van der Waals surface area contributed by atoms with Gasteiger partial charge < -0.3 is 9.47 Å². The molecule has 0 heterocycles. The maximum absolute atomic E-state index is 5.38. The van der Waals surface area contributed by atoms with Gasteiger partial charge in [0.1, 0.15) is 0 Å². The van der Waals surface area contributed by atoms with E-state index in [-0.39, 0.29) is 0 Å². The minimum absolute atomic E-state index is 0.497. The summed E-state index contributed by atoms with van der Waals surface area (Å²) in [4.78, 5) is 0. The average Bonchev–Trinajstić information content (AvgIpc) is 2.23. The van der Waals surface area contributed by atoms with E-state index in [1.165, 1.54) is 23.5 Å². The monoisotopic (exact) mass is 312 g/mol. The molecule has 17 heavy (non-hydrogen) atoms. The third-order valence-corrected chi connectivity index (χ3v) is 4.02. The maximum Gasteiger partial charge on any atom is 0.220 e. The zero-order chi connectivity index (χ0) is 13.3. The summed E-state index contributed by atoms with van der Waals surface area (Å²) in [6.45, 7) is 9.72. The summed E-state index contributed by atoms with van der Waals surface area (Å²) in [5.74, 6) is 0.994. The Bertz CT molecular complexity index is 218. The molecule has 0 saturated heterocycles. The largest absolute Gasteiger partial charge is 0.478 e. The third kappa shape index (κ3) is 12.7.